The summed E-state index contributed by atoms with van der Waals surface area (Å²) in [6, 6.07) is 14.8. The van der Waals surface area contributed by atoms with Crippen molar-refractivity contribution >= 4 is 33.4 Å². The van der Waals surface area contributed by atoms with Gasteiger partial charge in [-0.25, -0.2) is 17.9 Å². The lowest BCUT2D eigenvalue weighted by Crippen LogP contribution is -2.43. The zero-order valence-electron chi connectivity index (χ0n) is 19.2. The van der Waals surface area contributed by atoms with Crippen LogP contribution in [0.4, 0.5) is 16.2 Å². The molecule has 0 aliphatic carbocycles. The SMILES string of the molecule is CCCCS(=O)(=O)NC(Cc1ccc(N2CCN(c3ccc(C#N)cc3)C2=O)cc1)C(=O)OC. The van der Waals surface area contributed by atoms with Crippen LogP contribution in [0.25, 0.3) is 0 Å². The largest absolute Gasteiger partial charge is 0.468 e. The molecule has 3 rings (SSSR count). The molecule has 1 heterocycles. The van der Waals surface area contributed by atoms with Crippen molar-refractivity contribution < 1.29 is 22.7 Å². The molecule has 0 radical (unpaired) electrons. The van der Waals surface area contributed by atoms with E-state index in [9.17, 15) is 18.0 Å². The Morgan fingerprint density at radius 3 is 2.15 bits per heavy atom. The summed E-state index contributed by atoms with van der Waals surface area (Å²) in [5.74, 6) is -0.708. The molecule has 34 heavy (non-hydrogen) atoms. The standard InChI is InChI=1S/C24H28N4O5S/c1-3-4-15-34(31,32)26-22(23(29)33-2)16-18-5-9-20(10-6-18)27-13-14-28(24(27)30)21-11-7-19(17-25)8-12-21/h5-12,22,26H,3-4,13-16H2,1-2H3. The van der Waals surface area contributed by atoms with Gasteiger partial charge in [-0.3, -0.25) is 14.6 Å². The fourth-order valence-corrected chi connectivity index (χ4v) is 5.10. The molecule has 0 aromatic heterocycles. The van der Waals surface area contributed by atoms with Crippen LogP contribution in [0.2, 0.25) is 0 Å². The lowest BCUT2D eigenvalue weighted by atomic mass is 10.1. The molecule has 1 N–H and O–H groups in total. The van der Waals surface area contributed by atoms with Gasteiger partial charge in [0, 0.05) is 24.5 Å². The Balaban J connectivity index is 1.69. The highest BCUT2D eigenvalue weighted by Gasteiger charge is 2.31. The molecule has 2 amide bonds. The zero-order chi connectivity index (χ0) is 24.7. The Morgan fingerprint density at radius 2 is 1.65 bits per heavy atom. The van der Waals surface area contributed by atoms with Crippen LogP contribution >= 0.6 is 0 Å². The van der Waals surface area contributed by atoms with E-state index in [0.29, 0.717) is 30.8 Å². The molecule has 1 fully saturated rings. The zero-order valence-corrected chi connectivity index (χ0v) is 20.0. The number of sulfonamides is 1. The number of carbonyl (C=O) groups is 2. The number of hydrogen-bond acceptors (Lipinski definition) is 6. The molecular formula is C24H28N4O5S. The number of urea groups is 1. The van der Waals surface area contributed by atoms with Gasteiger partial charge in [0.2, 0.25) is 10.0 Å². The summed E-state index contributed by atoms with van der Waals surface area (Å²) < 4.78 is 31.8. The van der Waals surface area contributed by atoms with Crippen molar-refractivity contribution in [2.24, 2.45) is 0 Å². The van der Waals surface area contributed by atoms with E-state index in [1.54, 1.807) is 58.3 Å². The summed E-state index contributed by atoms with van der Waals surface area (Å²) in [5.41, 5.74) is 2.68. The Morgan fingerprint density at radius 1 is 1.09 bits per heavy atom. The number of amides is 2. The van der Waals surface area contributed by atoms with E-state index < -0.39 is 22.0 Å². The number of nitriles is 1. The number of rotatable bonds is 10. The molecule has 1 unspecified atom stereocenters. The van der Waals surface area contributed by atoms with Crippen LogP contribution in [0.15, 0.2) is 48.5 Å². The summed E-state index contributed by atoms with van der Waals surface area (Å²) >= 11 is 0. The van der Waals surface area contributed by atoms with Gasteiger partial charge in [0.15, 0.2) is 0 Å². The molecule has 9 nitrogen and oxygen atoms in total. The minimum Gasteiger partial charge on any atom is -0.468 e. The van der Waals surface area contributed by atoms with E-state index in [4.69, 9.17) is 10.00 Å². The summed E-state index contributed by atoms with van der Waals surface area (Å²) in [6.07, 6.45) is 1.36. The third kappa shape index (κ3) is 6.12. The highest BCUT2D eigenvalue weighted by Crippen LogP contribution is 2.26. The lowest BCUT2D eigenvalue weighted by Gasteiger charge is -2.20. The van der Waals surface area contributed by atoms with Gasteiger partial charge in [0.1, 0.15) is 6.04 Å². The van der Waals surface area contributed by atoms with Gasteiger partial charge in [-0.1, -0.05) is 25.5 Å². The van der Waals surface area contributed by atoms with Crippen molar-refractivity contribution in [1.29, 1.82) is 5.26 Å². The van der Waals surface area contributed by atoms with Crippen LogP contribution in [0.5, 0.6) is 0 Å². The van der Waals surface area contributed by atoms with Crippen molar-refractivity contribution in [1.82, 2.24) is 4.72 Å². The number of unbranched alkanes of at least 4 members (excludes halogenated alkanes) is 1. The van der Waals surface area contributed by atoms with Gasteiger partial charge in [0.05, 0.1) is 24.5 Å². The number of anilines is 2. The van der Waals surface area contributed by atoms with E-state index in [-0.39, 0.29) is 18.2 Å². The van der Waals surface area contributed by atoms with Gasteiger partial charge in [-0.15, -0.1) is 0 Å². The van der Waals surface area contributed by atoms with Crippen LogP contribution in [0.1, 0.15) is 30.9 Å². The summed E-state index contributed by atoms with van der Waals surface area (Å²) in [5, 5.41) is 8.95. The fourth-order valence-electron chi connectivity index (χ4n) is 3.71. The van der Waals surface area contributed by atoms with Crippen molar-refractivity contribution in [2.45, 2.75) is 32.2 Å². The summed E-state index contributed by atoms with van der Waals surface area (Å²) in [4.78, 5) is 28.4. The second-order valence-electron chi connectivity index (χ2n) is 7.98. The van der Waals surface area contributed by atoms with Crippen molar-refractivity contribution in [3.05, 3.63) is 59.7 Å². The second-order valence-corrected chi connectivity index (χ2v) is 9.85. The van der Waals surface area contributed by atoms with Gasteiger partial charge >= 0.3 is 12.0 Å². The molecule has 0 saturated carbocycles. The Hall–Kier alpha value is -3.42. The van der Waals surface area contributed by atoms with Crippen LogP contribution < -0.4 is 14.5 Å². The summed E-state index contributed by atoms with van der Waals surface area (Å²) in [6.45, 7) is 2.90. The van der Waals surface area contributed by atoms with Crippen molar-refractivity contribution in [2.75, 3.05) is 35.8 Å². The number of methoxy groups -OCH3 is 1. The number of ether oxygens (including phenoxy) is 1. The molecule has 1 aliphatic rings. The number of nitrogens with zero attached hydrogens (tertiary/aromatic N) is 3. The van der Waals surface area contributed by atoms with Crippen LogP contribution in [0, 0.1) is 11.3 Å². The first kappa shape index (κ1) is 25.2. The Kier molecular flexibility index (Phi) is 8.26. The van der Waals surface area contributed by atoms with E-state index in [2.05, 4.69) is 10.8 Å². The molecule has 2 aromatic carbocycles. The van der Waals surface area contributed by atoms with Crippen molar-refractivity contribution in [3.63, 3.8) is 0 Å². The highest BCUT2D eigenvalue weighted by atomic mass is 32.2. The molecule has 1 atom stereocenters. The molecule has 10 heteroatoms. The predicted octanol–water partition coefficient (Wildman–Crippen LogP) is 2.81. The molecule has 2 aromatic rings. The van der Waals surface area contributed by atoms with Crippen LogP contribution in [0.3, 0.4) is 0 Å². The molecule has 180 valence electrons. The van der Waals surface area contributed by atoms with Crippen LogP contribution in [-0.4, -0.2) is 52.4 Å². The predicted molar refractivity (Wildman–Crippen MR) is 129 cm³/mol. The number of benzene rings is 2. The number of nitrogens with one attached hydrogen (secondary N) is 1. The van der Waals surface area contributed by atoms with Crippen LogP contribution in [-0.2, 0) is 26.0 Å². The summed E-state index contributed by atoms with van der Waals surface area (Å²) in [7, 11) is -2.39. The minimum absolute atomic E-state index is 0.0528. The maximum absolute atomic E-state index is 12.9. The minimum atomic E-state index is -3.61. The first-order valence-corrected chi connectivity index (χ1v) is 12.7. The fraction of sp³-hybridized carbons (Fsp3) is 0.375. The van der Waals surface area contributed by atoms with Gasteiger partial charge in [-0.2, -0.15) is 5.26 Å². The Labute approximate surface area is 200 Å². The van der Waals surface area contributed by atoms with Gasteiger partial charge in [0.25, 0.3) is 0 Å². The molecule has 1 aliphatic heterocycles. The molecule has 0 bridgehead atoms. The monoisotopic (exact) mass is 484 g/mol. The average molecular weight is 485 g/mol. The maximum Gasteiger partial charge on any atom is 0.329 e. The average Bonchev–Trinajstić information content (AvgIpc) is 3.23. The third-order valence-corrected chi connectivity index (χ3v) is 7.05. The van der Waals surface area contributed by atoms with Crippen molar-refractivity contribution in [3.8, 4) is 6.07 Å². The normalized spacial score (nSPS) is 14.7. The first-order chi connectivity index (χ1) is 16.3. The highest BCUT2D eigenvalue weighted by molar-refractivity contribution is 7.89. The topological polar surface area (TPSA) is 120 Å². The molecule has 0 spiro atoms. The van der Waals surface area contributed by atoms with Gasteiger partial charge < -0.3 is 4.74 Å². The molecular weight excluding hydrogens is 456 g/mol. The Bertz CT molecular complexity index is 1160. The maximum atomic E-state index is 12.9. The first-order valence-electron chi connectivity index (χ1n) is 11.0. The smallest absolute Gasteiger partial charge is 0.329 e. The lowest BCUT2D eigenvalue weighted by molar-refractivity contribution is -0.142. The van der Waals surface area contributed by atoms with E-state index in [0.717, 1.165) is 17.7 Å². The molecule has 1 saturated heterocycles. The third-order valence-electron chi connectivity index (χ3n) is 5.58. The number of esters is 1. The second kappa shape index (κ2) is 11.1. The van der Waals surface area contributed by atoms with E-state index >= 15 is 0 Å². The van der Waals surface area contributed by atoms with E-state index in [1.165, 1.54) is 7.11 Å². The number of hydrogen-bond donors (Lipinski definition) is 1. The quantitative estimate of drug-likeness (QED) is 0.518. The van der Waals surface area contributed by atoms with Gasteiger partial charge in [-0.05, 0) is 54.8 Å². The van der Waals surface area contributed by atoms with E-state index in [1.807, 2.05) is 6.92 Å². The number of carbonyl (C=O) groups excluding carboxylic acids is 2.